The molecule has 2 aliphatic rings. The number of benzene rings is 3. The molecule has 0 radical (unpaired) electrons. The smallest absolute Gasteiger partial charge is 0.319 e. The summed E-state index contributed by atoms with van der Waals surface area (Å²) in [6, 6.07) is 26.1. The lowest BCUT2D eigenvalue weighted by atomic mass is 9.90. The molecule has 0 bridgehead atoms. The van der Waals surface area contributed by atoms with Crippen LogP contribution in [0.5, 0.6) is 0 Å². The number of nitrogens with zero attached hydrogens (tertiary/aromatic N) is 2. The van der Waals surface area contributed by atoms with E-state index in [1.165, 1.54) is 5.56 Å². The van der Waals surface area contributed by atoms with Gasteiger partial charge in [-0.1, -0.05) is 73.7 Å². The van der Waals surface area contributed by atoms with E-state index in [1.54, 1.807) is 0 Å². The molecule has 0 saturated carbocycles. The second-order valence-electron chi connectivity index (χ2n) is 11.0. The van der Waals surface area contributed by atoms with Crippen molar-refractivity contribution in [1.82, 2.24) is 15.1 Å². The van der Waals surface area contributed by atoms with Crippen LogP contribution >= 0.6 is 0 Å². The summed E-state index contributed by atoms with van der Waals surface area (Å²) in [5.74, 6) is 0.132. The number of hydrogen-bond donors (Lipinski definition) is 3. The number of aliphatic hydroxyl groups excluding tert-OH is 1. The van der Waals surface area contributed by atoms with Crippen molar-refractivity contribution in [2.75, 3.05) is 44.6 Å². The molecule has 2 fully saturated rings. The molecular formula is C33H42N4O4. The summed E-state index contributed by atoms with van der Waals surface area (Å²) >= 11 is 0. The van der Waals surface area contributed by atoms with Crippen LogP contribution in [0.2, 0.25) is 0 Å². The lowest BCUT2D eigenvalue weighted by molar-refractivity contribution is -0.276. The van der Waals surface area contributed by atoms with Gasteiger partial charge in [-0.25, -0.2) is 4.79 Å². The highest BCUT2D eigenvalue weighted by Gasteiger charge is 2.39. The first-order valence-corrected chi connectivity index (χ1v) is 14.7. The normalized spacial score (nSPS) is 23.7. The van der Waals surface area contributed by atoms with Crippen molar-refractivity contribution >= 4 is 11.7 Å². The molecule has 4 atom stereocenters. The molecular weight excluding hydrogens is 516 g/mol. The predicted octanol–water partition coefficient (Wildman–Crippen LogP) is 4.93. The third-order valence-electron chi connectivity index (χ3n) is 8.05. The van der Waals surface area contributed by atoms with Gasteiger partial charge in [0.15, 0.2) is 6.29 Å². The standard InChI is InChI=1S/C33H42N4O4/c1-3-34-33(39)35-29-15-13-28(14-16-29)32-40-30(24(2)31(41-32)27-11-9-26(23-38)10-12-27)22-37-19-17-36(18-20-37)21-25-7-5-4-6-8-25/h4-16,24,30-32,38H,3,17-23H2,1-2H3,(H2,34,35,39)/t24-,30+,31+,32+/m0/s1. The Bertz CT molecular complexity index is 1230. The summed E-state index contributed by atoms with van der Waals surface area (Å²) < 4.78 is 13.2. The van der Waals surface area contributed by atoms with Gasteiger partial charge in [-0.15, -0.1) is 0 Å². The fraction of sp³-hybridized carbons (Fsp3) is 0.424. The number of carbonyl (C=O) groups is 1. The molecule has 218 valence electrons. The van der Waals surface area contributed by atoms with E-state index in [-0.39, 0.29) is 30.8 Å². The van der Waals surface area contributed by atoms with Crippen LogP contribution in [0.25, 0.3) is 0 Å². The molecule has 2 saturated heterocycles. The number of aliphatic hydroxyl groups is 1. The molecule has 8 heteroatoms. The number of ether oxygens (including phenoxy) is 2. The zero-order chi connectivity index (χ0) is 28.6. The number of hydrogen-bond acceptors (Lipinski definition) is 6. The first-order chi connectivity index (χ1) is 20.0. The Morgan fingerprint density at radius 1 is 0.854 bits per heavy atom. The molecule has 0 aliphatic carbocycles. The van der Waals surface area contributed by atoms with Crippen LogP contribution in [0.1, 0.15) is 48.5 Å². The quantitative estimate of drug-likeness (QED) is 0.345. The molecule has 2 amide bonds. The van der Waals surface area contributed by atoms with Crippen LogP contribution in [0.15, 0.2) is 78.9 Å². The lowest BCUT2D eigenvalue weighted by Gasteiger charge is -2.44. The molecule has 5 rings (SSSR count). The van der Waals surface area contributed by atoms with E-state index in [0.29, 0.717) is 12.2 Å². The number of carbonyl (C=O) groups excluding carboxylic acids is 1. The van der Waals surface area contributed by atoms with Crippen molar-refractivity contribution in [1.29, 1.82) is 0 Å². The van der Waals surface area contributed by atoms with E-state index in [2.05, 4.69) is 57.7 Å². The molecule has 0 aromatic heterocycles. The molecule has 0 spiro atoms. The highest BCUT2D eigenvalue weighted by Crippen LogP contribution is 2.42. The fourth-order valence-corrected chi connectivity index (χ4v) is 5.61. The summed E-state index contributed by atoms with van der Waals surface area (Å²) in [5, 5.41) is 15.1. The van der Waals surface area contributed by atoms with Gasteiger partial charge in [0.1, 0.15) is 0 Å². The number of amides is 2. The molecule has 3 aromatic rings. The number of nitrogens with one attached hydrogen (secondary N) is 2. The number of anilines is 1. The maximum Gasteiger partial charge on any atom is 0.319 e. The average molecular weight is 559 g/mol. The molecule has 2 aliphatic heterocycles. The van der Waals surface area contributed by atoms with Crippen molar-refractivity contribution in [3.8, 4) is 0 Å². The number of rotatable bonds is 9. The monoisotopic (exact) mass is 558 g/mol. The maximum atomic E-state index is 11.9. The Kier molecular flexibility index (Phi) is 10.0. The van der Waals surface area contributed by atoms with Gasteiger partial charge < -0.3 is 25.2 Å². The van der Waals surface area contributed by atoms with E-state index in [1.807, 2.05) is 55.5 Å². The van der Waals surface area contributed by atoms with Gasteiger partial charge in [-0.05, 0) is 35.7 Å². The maximum absolute atomic E-state index is 11.9. The Hall–Kier alpha value is -3.27. The summed E-state index contributed by atoms with van der Waals surface area (Å²) in [5.41, 5.74) is 4.94. The lowest BCUT2D eigenvalue weighted by Crippen LogP contribution is -2.51. The Morgan fingerprint density at radius 2 is 1.51 bits per heavy atom. The second kappa shape index (κ2) is 14.1. The molecule has 2 heterocycles. The van der Waals surface area contributed by atoms with Crippen LogP contribution in [0.3, 0.4) is 0 Å². The summed E-state index contributed by atoms with van der Waals surface area (Å²) in [6.07, 6.45) is -0.708. The average Bonchev–Trinajstić information content (AvgIpc) is 3.00. The second-order valence-corrected chi connectivity index (χ2v) is 11.0. The van der Waals surface area contributed by atoms with E-state index in [4.69, 9.17) is 9.47 Å². The van der Waals surface area contributed by atoms with E-state index in [0.717, 1.165) is 56.0 Å². The number of urea groups is 1. The fourth-order valence-electron chi connectivity index (χ4n) is 5.61. The van der Waals surface area contributed by atoms with Crippen molar-refractivity contribution < 1.29 is 19.4 Å². The topological polar surface area (TPSA) is 86.3 Å². The van der Waals surface area contributed by atoms with E-state index < -0.39 is 6.29 Å². The zero-order valence-corrected chi connectivity index (χ0v) is 24.0. The van der Waals surface area contributed by atoms with Crippen molar-refractivity contribution in [3.05, 3.63) is 101 Å². The van der Waals surface area contributed by atoms with Gasteiger partial charge in [0.2, 0.25) is 0 Å². The highest BCUT2D eigenvalue weighted by molar-refractivity contribution is 5.89. The minimum absolute atomic E-state index is 0.0165. The minimum Gasteiger partial charge on any atom is -0.392 e. The van der Waals surface area contributed by atoms with Gasteiger partial charge in [0.25, 0.3) is 0 Å². The van der Waals surface area contributed by atoms with Crippen molar-refractivity contribution in [3.63, 3.8) is 0 Å². The van der Waals surface area contributed by atoms with Crippen LogP contribution in [-0.2, 0) is 22.6 Å². The first-order valence-electron chi connectivity index (χ1n) is 14.7. The predicted molar refractivity (Wildman–Crippen MR) is 160 cm³/mol. The third-order valence-corrected chi connectivity index (χ3v) is 8.05. The summed E-state index contributed by atoms with van der Waals surface area (Å²) in [4.78, 5) is 17.0. The van der Waals surface area contributed by atoms with E-state index >= 15 is 0 Å². The Morgan fingerprint density at radius 3 is 2.17 bits per heavy atom. The van der Waals surface area contributed by atoms with Gasteiger partial charge >= 0.3 is 6.03 Å². The molecule has 8 nitrogen and oxygen atoms in total. The summed E-state index contributed by atoms with van der Waals surface area (Å²) in [7, 11) is 0. The molecule has 3 aromatic carbocycles. The van der Waals surface area contributed by atoms with Gasteiger partial charge in [0.05, 0.1) is 18.8 Å². The first kappa shape index (κ1) is 29.2. The minimum atomic E-state index is -0.531. The van der Waals surface area contributed by atoms with Gasteiger partial charge in [0, 0.05) is 63.0 Å². The highest BCUT2D eigenvalue weighted by atomic mass is 16.7. The van der Waals surface area contributed by atoms with Crippen LogP contribution in [-0.4, -0.2) is 66.3 Å². The van der Waals surface area contributed by atoms with Gasteiger partial charge in [-0.2, -0.15) is 0 Å². The zero-order valence-electron chi connectivity index (χ0n) is 24.0. The number of piperazine rings is 1. The third kappa shape index (κ3) is 7.72. The largest absolute Gasteiger partial charge is 0.392 e. The Balaban J connectivity index is 1.27. The van der Waals surface area contributed by atoms with Crippen molar-refractivity contribution in [2.24, 2.45) is 5.92 Å². The summed E-state index contributed by atoms with van der Waals surface area (Å²) in [6.45, 7) is 10.6. The van der Waals surface area contributed by atoms with Crippen LogP contribution in [0, 0.1) is 5.92 Å². The van der Waals surface area contributed by atoms with Crippen molar-refractivity contribution in [2.45, 2.75) is 45.5 Å². The Labute approximate surface area is 243 Å². The van der Waals surface area contributed by atoms with E-state index in [9.17, 15) is 9.90 Å². The SMILES string of the molecule is CCNC(=O)Nc1ccc([C@@H]2O[C@H](CN3CCN(Cc4ccccc4)CC3)[C@H](C)[C@H](c3ccc(CO)cc3)O2)cc1. The van der Waals surface area contributed by atoms with Gasteiger partial charge in [-0.3, -0.25) is 9.80 Å². The molecule has 0 unspecified atom stereocenters. The molecule has 3 N–H and O–H groups in total. The van der Waals surface area contributed by atoms with Crippen LogP contribution in [0.4, 0.5) is 10.5 Å². The molecule has 41 heavy (non-hydrogen) atoms. The van der Waals surface area contributed by atoms with Crippen LogP contribution < -0.4 is 10.6 Å².